The quantitative estimate of drug-likeness (QED) is 0.598. The molecule has 0 saturated carbocycles. The van der Waals surface area contributed by atoms with E-state index in [1.54, 1.807) is 7.11 Å². The van der Waals surface area contributed by atoms with Gasteiger partial charge in [0.25, 0.3) is 0 Å². The van der Waals surface area contributed by atoms with Gasteiger partial charge in [0.2, 0.25) is 0 Å². The summed E-state index contributed by atoms with van der Waals surface area (Å²) in [6, 6.07) is 6.55. The normalized spacial score (nSPS) is 13.3. The van der Waals surface area contributed by atoms with Gasteiger partial charge in [0.1, 0.15) is 5.75 Å². The lowest BCUT2D eigenvalue weighted by Crippen LogP contribution is -2.15. The molecule has 0 aromatic heterocycles. The molecule has 20 heavy (non-hydrogen) atoms. The van der Waals surface area contributed by atoms with E-state index in [0.29, 0.717) is 10.7 Å². The predicted octanol–water partition coefficient (Wildman–Crippen LogP) is 5.81. The molecule has 1 unspecified atom stereocenters. The zero-order valence-electron chi connectivity index (χ0n) is 14.0. The average molecular weight is 295 g/mol. The van der Waals surface area contributed by atoms with Crippen LogP contribution in [-0.4, -0.2) is 17.6 Å². The van der Waals surface area contributed by atoms with Crippen LogP contribution in [0.1, 0.15) is 64.0 Å². The molecule has 1 nitrogen and oxygen atoms in total. The molecule has 0 heterocycles. The number of aryl methyl sites for hydroxylation is 1. The minimum atomic E-state index is 0.409. The third-order valence-corrected chi connectivity index (χ3v) is 5.15. The summed E-state index contributed by atoms with van der Waals surface area (Å²) in [5, 5.41) is 0. The zero-order valence-corrected chi connectivity index (χ0v) is 14.8. The van der Waals surface area contributed by atoms with Gasteiger partial charge in [-0.1, -0.05) is 46.2 Å². The second-order valence-electron chi connectivity index (χ2n) is 6.23. The van der Waals surface area contributed by atoms with Crippen LogP contribution >= 0.6 is 11.8 Å². The summed E-state index contributed by atoms with van der Waals surface area (Å²) in [7, 11) is 1.77. The molecule has 0 aliphatic heterocycles. The van der Waals surface area contributed by atoms with E-state index in [1.165, 1.54) is 36.1 Å². The lowest BCUT2D eigenvalue weighted by Gasteiger charge is -2.24. The van der Waals surface area contributed by atoms with Gasteiger partial charge in [-0.25, -0.2) is 0 Å². The highest BCUT2D eigenvalue weighted by atomic mass is 32.2. The fourth-order valence-electron chi connectivity index (χ4n) is 2.68. The molecule has 0 radical (unpaired) electrons. The van der Waals surface area contributed by atoms with Crippen molar-refractivity contribution in [2.75, 3.05) is 12.9 Å². The largest absolute Gasteiger partial charge is 0.496 e. The van der Waals surface area contributed by atoms with E-state index in [-0.39, 0.29) is 0 Å². The molecule has 0 saturated heterocycles. The Morgan fingerprint density at radius 1 is 1.30 bits per heavy atom. The number of thioether (sulfide) groups is 1. The molecule has 0 spiro atoms. The van der Waals surface area contributed by atoms with Crippen LogP contribution in [0.3, 0.4) is 0 Å². The van der Waals surface area contributed by atoms with Crippen LogP contribution in [0.2, 0.25) is 0 Å². The first-order valence-corrected chi connectivity index (χ1v) is 8.66. The molecule has 0 fully saturated rings. The Bertz CT molecular complexity index is 412. The monoisotopic (exact) mass is 294 g/mol. The molecule has 0 aliphatic rings. The minimum Gasteiger partial charge on any atom is -0.496 e. The highest BCUT2D eigenvalue weighted by Crippen LogP contribution is 2.34. The standard InChI is InChI=1S/C18H30OS/c1-7-20-18(4,5)12-8-9-15(3)16-11-10-14(2)13-17(16)19-6/h10-11,13,15H,7-9,12H2,1-6H3. The number of benzene rings is 1. The van der Waals surface area contributed by atoms with Gasteiger partial charge in [0.05, 0.1) is 7.11 Å². The van der Waals surface area contributed by atoms with Gasteiger partial charge in [-0.05, 0) is 48.6 Å². The molecule has 0 bridgehead atoms. The number of rotatable bonds is 8. The fourth-order valence-corrected chi connectivity index (χ4v) is 3.75. The van der Waals surface area contributed by atoms with Crippen molar-refractivity contribution in [2.24, 2.45) is 0 Å². The lowest BCUT2D eigenvalue weighted by atomic mass is 9.92. The molecular formula is C18H30OS. The van der Waals surface area contributed by atoms with Crippen molar-refractivity contribution in [2.45, 2.75) is 64.5 Å². The van der Waals surface area contributed by atoms with Gasteiger partial charge >= 0.3 is 0 Å². The highest BCUT2D eigenvalue weighted by Gasteiger charge is 2.18. The molecule has 114 valence electrons. The smallest absolute Gasteiger partial charge is 0.122 e. The van der Waals surface area contributed by atoms with Crippen molar-refractivity contribution < 1.29 is 4.74 Å². The number of hydrogen-bond acceptors (Lipinski definition) is 2. The SMILES string of the molecule is CCSC(C)(C)CCCC(C)c1ccc(C)cc1OC. The van der Waals surface area contributed by atoms with Gasteiger partial charge in [0, 0.05) is 4.75 Å². The van der Waals surface area contributed by atoms with Crippen molar-refractivity contribution >= 4 is 11.8 Å². The third kappa shape index (κ3) is 5.40. The third-order valence-electron chi connectivity index (χ3n) is 3.87. The molecule has 1 aromatic carbocycles. The first-order chi connectivity index (χ1) is 9.39. The van der Waals surface area contributed by atoms with Gasteiger partial charge in [-0.2, -0.15) is 11.8 Å². The van der Waals surface area contributed by atoms with Gasteiger partial charge in [0.15, 0.2) is 0 Å². The van der Waals surface area contributed by atoms with E-state index in [9.17, 15) is 0 Å². The Morgan fingerprint density at radius 2 is 2.00 bits per heavy atom. The summed E-state index contributed by atoms with van der Waals surface area (Å²) in [5.74, 6) is 2.81. The average Bonchev–Trinajstić information content (AvgIpc) is 2.37. The first-order valence-electron chi connectivity index (χ1n) is 7.68. The van der Waals surface area contributed by atoms with Crippen molar-refractivity contribution in [1.29, 1.82) is 0 Å². The molecule has 0 amide bonds. The number of methoxy groups -OCH3 is 1. The van der Waals surface area contributed by atoms with E-state index in [1.807, 2.05) is 0 Å². The maximum atomic E-state index is 5.53. The summed E-state index contributed by atoms with van der Waals surface area (Å²) in [6.07, 6.45) is 3.79. The second kappa shape index (κ2) is 7.97. The fraction of sp³-hybridized carbons (Fsp3) is 0.667. The van der Waals surface area contributed by atoms with Crippen LogP contribution in [-0.2, 0) is 0 Å². The van der Waals surface area contributed by atoms with E-state index in [2.05, 4.69) is 64.6 Å². The van der Waals surface area contributed by atoms with Crippen molar-refractivity contribution in [3.05, 3.63) is 29.3 Å². The Hall–Kier alpha value is -0.630. The van der Waals surface area contributed by atoms with Crippen molar-refractivity contribution in [1.82, 2.24) is 0 Å². The Balaban J connectivity index is 2.57. The summed E-state index contributed by atoms with van der Waals surface area (Å²) in [5.41, 5.74) is 2.61. The second-order valence-corrected chi connectivity index (χ2v) is 8.20. The maximum absolute atomic E-state index is 5.53. The Morgan fingerprint density at radius 3 is 2.60 bits per heavy atom. The molecular weight excluding hydrogens is 264 g/mol. The maximum Gasteiger partial charge on any atom is 0.122 e. The van der Waals surface area contributed by atoms with E-state index in [0.717, 1.165) is 5.75 Å². The number of ether oxygens (including phenoxy) is 1. The van der Waals surface area contributed by atoms with Crippen LogP contribution in [0.4, 0.5) is 0 Å². The van der Waals surface area contributed by atoms with Crippen LogP contribution in [0.5, 0.6) is 5.75 Å². The van der Waals surface area contributed by atoms with Crippen molar-refractivity contribution in [3.8, 4) is 5.75 Å². The lowest BCUT2D eigenvalue weighted by molar-refractivity contribution is 0.403. The number of hydrogen-bond donors (Lipinski definition) is 0. The van der Waals surface area contributed by atoms with Gasteiger partial charge < -0.3 is 4.74 Å². The summed E-state index contributed by atoms with van der Waals surface area (Å²) >= 11 is 2.07. The molecule has 1 aromatic rings. The zero-order chi connectivity index (χ0) is 15.2. The highest BCUT2D eigenvalue weighted by molar-refractivity contribution is 8.00. The molecule has 1 rings (SSSR count). The molecule has 1 atom stereocenters. The van der Waals surface area contributed by atoms with Crippen LogP contribution in [0.15, 0.2) is 18.2 Å². The van der Waals surface area contributed by atoms with Crippen LogP contribution in [0.25, 0.3) is 0 Å². The van der Waals surface area contributed by atoms with Gasteiger partial charge in [-0.15, -0.1) is 0 Å². The van der Waals surface area contributed by atoms with E-state index in [4.69, 9.17) is 4.74 Å². The Labute approximate surface area is 129 Å². The summed E-state index contributed by atoms with van der Waals surface area (Å²) in [4.78, 5) is 0. The predicted molar refractivity (Wildman–Crippen MR) is 92.2 cm³/mol. The Kier molecular flexibility index (Phi) is 6.94. The van der Waals surface area contributed by atoms with E-state index < -0.39 is 0 Å². The minimum absolute atomic E-state index is 0.409. The summed E-state index contributed by atoms with van der Waals surface area (Å²) < 4.78 is 5.94. The van der Waals surface area contributed by atoms with Crippen LogP contribution in [0, 0.1) is 6.92 Å². The van der Waals surface area contributed by atoms with Crippen LogP contribution < -0.4 is 4.74 Å². The molecule has 2 heteroatoms. The topological polar surface area (TPSA) is 9.23 Å². The van der Waals surface area contributed by atoms with Gasteiger partial charge in [-0.3, -0.25) is 0 Å². The van der Waals surface area contributed by atoms with E-state index >= 15 is 0 Å². The molecule has 0 N–H and O–H groups in total. The summed E-state index contributed by atoms with van der Waals surface area (Å²) in [6.45, 7) is 11.4. The molecule has 0 aliphatic carbocycles. The first kappa shape index (κ1) is 17.4. The van der Waals surface area contributed by atoms with Crippen molar-refractivity contribution in [3.63, 3.8) is 0 Å².